The van der Waals surface area contributed by atoms with Gasteiger partial charge in [0, 0.05) is 29.0 Å². The first-order chi connectivity index (χ1) is 12.4. The monoisotopic (exact) mass is 350 g/mol. The van der Waals surface area contributed by atoms with Gasteiger partial charge in [0.15, 0.2) is 11.5 Å². The maximum Gasteiger partial charge on any atom is 0.231 e. The number of rotatable bonds is 4. The third-order valence-corrected chi connectivity index (χ3v) is 6.08. The van der Waals surface area contributed by atoms with Crippen LogP contribution < -0.4 is 9.47 Å². The quantitative estimate of drug-likeness (QED) is 0.655. The van der Waals surface area contributed by atoms with Crippen LogP contribution in [0.2, 0.25) is 0 Å². The van der Waals surface area contributed by atoms with Gasteiger partial charge in [0.2, 0.25) is 6.79 Å². The van der Waals surface area contributed by atoms with Gasteiger partial charge in [-0.2, -0.15) is 0 Å². The third-order valence-electron chi connectivity index (χ3n) is 4.73. The van der Waals surface area contributed by atoms with Crippen LogP contribution in [-0.2, 0) is 19.4 Å². The number of hydrogen-bond donors (Lipinski definition) is 0. The first kappa shape index (κ1) is 14.8. The highest BCUT2D eigenvalue weighted by Crippen LogP contribution is 2.38. The van der Waals surface area contributed by atoms with E-state index in [2.05, 4.69) is 29.1 Å². The van der Waals surface area contributed by atoms with E-state index < -0.39 is 0 Å². The topological polar surface area (TPSA) is 35.8 Å². The highest BCUT2D eigenvalue weighted by atomic mass is 32.1. The molecule has 126 valence electrons. The van der Waals surface area contributed by atoms with Gasteiger partial charge in [-0.15, -0.1) is 11.3 Å². The summed E-state index contributed by atoms with van der Waals surface area (Å²) >= 11 is 1.92. The number of ether oxygens (including phenoxy) is 2. The molecule has 0 atom stereocenters. The van der Waals surface area contributed by atoms with Crippen LogP contribution in [-0.4, -0.2) is 17.6 Å². The molecule has 1 aliphatic carbocycles. The predicted octanol–water partition coefficient (Wildman–Crippen LogP) is 4.38. The minimum absolute atomic E-state index is 0.303. The van der Waals surface area contributed by atoms with Crippen LogP contribution in [0.1, 0.15) is 28.0 Å². The maximum absolute atomic E-state index is 5.43. The van der Waals surface area contributed by atoms with Crippen LogP contribution in [0.3, 0.4) is 0 Å². The molecule has 1 aromatic carbocycles. The molecule has 0 saturated heterocycles. The summed E-state index contributed by atoms with van der Waals surface area (Å²) in [7, 11) is 0. The van der Waals surface area contributed by atoms with Crippen molar-refractivity contribution in [2.45, 2.75) is 25.8 Å². The lowest BCUT2D eigenvalue weighted by Crippen LogP contribution is -1.95. The van der Waals surface area contributed by atoms with Crippen LogP contribution in [0.5, 0.6) is 11.5 Å². The molecule has 0 radical (unpaired) electrons. The molecule has 0 spiro atoms. The number of benzene rings is 1. The van der Waals surface area contributed by atoms with E-state index in [0.29, 0.717) is 13.3 Å². The number of fused-ring (bicyclic) bond motifs is 2. The maximum atomic E-state index is 5.43. The largest absolute Gasteiger partial charge is 0.454 e. The molecule has 0 N–H and O–H groups in total. The Bertz CT molecular complexity index is 941. The van der Waals surface area contributed by atoms with Crippen molar-refractivity contribution in [3.8, 4) is 16.5 Å². The zero-order valence-corrected chi connectivity index (χ0v) is 14.6. The molecule has 2 aliphatic rings. The van der Waals surface area contributed by atoms with Crippen LogP contribution >= 0.6 is 11.3 Å². The summed E-state index contributed by atoms with van der Waals surface area (Å²) in [5.74, 6) is 1.61. The lowest BCUT2D eigenvalue weighted by Gasteiger charge is -2.05. The number of aliphatic imine (C=N–C) groups is 1. The van der Waals surface area contributed by atoms with Gasteiger partial charge in [-0.3, -0.25) is 4.99 Å². The molecule has 2 aromatic heterocycles. The highest BCUT2D eigenvalue weighted by Gasteiger charge is 2.22. The average Bonchev–Trinajstić information content (AvgIpc) is 3.39. The van der Waals surface area contributed by atoms with Crippen molar-refractivity contribution in [2.75, 3.05) is 6.79 Å². The summed E-state index contributed by atoms with van der Waals surface area (Å²) in [4.78, 5) is 6.27. The van der Waals surface area contributed by atoms with E-state index in [4.69, 9.17) is 14.5 Å². The molecule has 3 aromatic rings. The fourth-order valence-corrected chi connectivity index (χ4v) is 4.90. The summed E-state index contributed by atoms with van der Waals surface area (Å²) in [5.41, 5.74) is 3.95. The Morgan fingerprint density at radius 3 is 2.92 bits per heavy atom. The van der Waals surface area contributed by atoms with Crippen molar-refractivity contribution in [3.63, 3.8) is 0 Å². The number of hydrogen-bond acceptors (Lipinski definition) is 4. The molecule has 0 amide bonds. The van der Waals surface area contributed by atoms with E-state index in [9.17, 15) is 0 Å². The summed E-state index contributed by atoms with van der Waals surface area (Å²) in [6, 6.07) is 10.1. The lowest BCUT2D eigenvalue weighted by molar-refractivity contribution is 0.174. The smallest absolute Gasteiger partial charge is 0.231 e. The highest BCUT2D eigenvalue weighted by molar-refractivity contribution is 7.15. The molecule has 3 heterocycles. The van der Waals surface area contributed by atoms with E-state index in [-0.39, 0.29) is 0 Å². The number of aromatic nitrogens is 1. The van der Waals surface area contributed by atoms with Crippen molar-refractivity contribution >= 4 is 17.6 Å². The second-order valence-electron chi connectivity index (χ2n) is 6.31. The van der Waals surface area contributed by atoms with Gasteiger partial charge in [0.05, 0.1) is 6.54 Å². The number of nitrogens with zero attached hydrogens (tertiary/aromatic N) is 2. The van der Waals surface area contributed by atoms with E-state index in [1.807, 2.05) is 35.8 Å². The van der Waals surface area contributed by atoms with Gasteiger partial charge >= 0.3 is 0 Å². The Morgan fingerprint density at radius 1 is 1.12 bits per heavy atom. The third kappa shape index (κ3) is 2.65. The SMILES string of the molecule is C(=NCc1c(-n2cccc2)sc2c1CCC2)c1ccc2c(c1)OCO2. The zero-order valence-electron chi connectivity index (χ0n) is 13.8. The minimum atomic E-state index is 0.303. The van der Waals surface area contributed by atoms with Gasteiger partial charge < -0.3 is 14.0 Å². The van der Waals surface area contributed by atoms with Gasteiger partial charge in [-0.1, -0.05) is 0 Å². The summed E-state index contributed by atoms with van der Waals surface area (Å²) in [6.45, 7) is 1.02. The molecular weight excluding hydrogens is 332 g/mol. The van der Waals surface area contributed by atoms with Gasteiger partial charge in [-0.05, 0) is 60.7 Å². The molecule has 5 heteroatoms. The summed E-state index contributed by atoms with van der Waals surface area (Å²) < 4.78 is 13.0. The van der Waals surface area contributed by atoms with Crippen molar-refractivity contribution in [2.24, 2.45) is 4.99 Å². The number of aryl methyl sites for hydroxylation is 1. The van der Waals surface area contributed by atoms with Gasteiger partial charge in [0.25, 0.3) is 0 Å². The first-order valence-corrected chi connectivity index (χ1v) is 9.36. The summed E-state index contributed by atoms with van der Waals surface area (Å²) in [6.07, 6.45) is 9.83. The minimum Gasteiger partial charge on any atom is -0.454 e. The Kier molecular flexibility index (Phi) is 3.59. The lowest BCUT2D eigenvalue weighted by atomic mass is 10.1. The van der Waals surface area contributed by atoms with E-state index in [1.54, 1.807) is 0 Å². The van der Waals surface area contributed by atoms with Crippen molar-refractivity contribution in [1.29, 1.82) is 0 Å². The molecule has 25 heavy (non-hydrogen) atoms. The van der Waals surface area contributed by atoms with Crippen molar-refractivity contribution in [3.05, 3.63) is 64.3 Å². The number of thiophene rings is 1. The molecular formula is C20H18N2O2S. The summed E-state index contributed by atoms with van der Waals surface area (Å²) in [5, 5.41) is 1.32. The predicted molar refractivity (Wildman–Crippen MR) is 99.5 cm³/mol. The second-order valence-corrected chi connectivity index (χ2v) is 7.40. The van der Waals surface area contributed by atoms with Crippen molar-refractivity contribution in [1.82, 2.24) is 4.57 Å². The van der Waals surface area contributed by atoms with Crippen LogP contribution in [0.25, 0.3) is 5.00 Å². The first-order valence-electron chi connectivity index (χ1n) is 8.55. The van der Waals surface area contributed by atoms with E-state index in [1.165, 1.54) is 40.3 Å². The van der Waals surface area contributed by atoms with Crippen LogP contribution in [0.4, 0.5) is 0 Å². The van der Waals surface area contributed by atoms with Crippen molar-refractivity contribution < 1.29 is 9.47 Å². The van der Waals surface area contributed by atoms with E-state index in [0.717, 1.165) is 17.1 Å². The molecule has 0 unspecified atom stereocenters. The zero-order chi connectivity index (χ0) is 16.6. The molecule has 0 saturated carbocycles. The molecule has 1 aliphatic heterocycles. The second kappa shape index (κ2) is 6.08. The fraction of sp³-hybridized carbons (Fsp3) is 0.250. The Morgan fingerprint density at radius 2 is 2.00 bits per heavy atom. The Hall–Kier alpha value is -2.53. The average molecular weight is 350 g/mol. The fourth-order valence-electron chi connectivity index (χ4n) is 3.53. The molecule has 4 nitrogen and oxygen atoms in total. The Labute approximate surface area is 150 Å². The molecule has 0 bridgehead atoms. The molecule has 0 fully saturated rings. The van der Waals surface area contributed by atoms with E-state index >= 15 is 0 Å². The normalized spacial score (nSPS) is 15.2. The van der Waals surface area contributed by atoms with Gasteiger partial charge in [0.1, 0.15) is 5.00 Å². The van der Waals surface area contributed by atoms with Crippen LogP contribution in [0, 0.1) is 0 Å². The molecule has 5 rings (SSSR count). The van der Waals surface area contributed by atoms with Crippen LogP contribution in [0.15, 0.2) is 47.7 Å². The Balaban J connectivity index is 1.42. The standard InChI is InChI=1S/C20H18N2O2S/c1-2-9-22(8-1)20-16(15-4-3-5-19(15)25-20)12-21-11-14-6-7-17-18(10-14)24-13-23-17/h1-2,6-11H,3-5,12-13H2. The van der Waals surface area contributed by atoms with Gasteiger partial charge in [-0.25, -0.2) is 0 Å².